The first-order chi connectivity index (χ1) is 9.29. The van der Waals surface area contributed by atoms with Gasteiger partial charge in [0, 0.05) is 24.6 Å². The third-order valence-corrected chi connectivity index (χ3v) is 5.01. The number of amides is 1. The number of carbonyl (C=O) groups is 1. The summed E-state index contributed by atoms with van der Waals surface area (Å²) in [7, 11) is 1.86. The van der Waals surface area contributed by atoms with E-state index in [0.29, 0.717) is 0 Å². The fourth-order valence-corrected chi connectivity index (χ4v) is 3.99. The average molecular weight is 280 g/mol. The molecule has 1 saturated heterocycles. The Hall–Kier alpha value is -0.910. The topological polar surface area (TPSA) is 41.6 Å². The van der Waals surface area contributed by atoms with Gasteiger partial charge in [-0.1, -0.05) is 0 Å². The molecule has 1 amide bonds. The van der Waals surface area contributed by atoms with Crippen LogP contribution >= 0.6 is 11.3 Å². The molecule has 2 aliphatic rings. The second-order valence-corrected chi connectivity index (χ2v) is 6.15. The SMILES string of the molecule is CNC1C(=O)N(CC2CCCO2)CCc2ccsc21. The van der Waals surface area contributed by atoms with Crippen LogP contribution in [0, 0.1) is 0 Å². The number of carbonyl (C=O) groups excluding carboxylic acids is 1. The maximum absolute atomic E-state index is 12.6. The third-order valence-electron chi connectivity index (χ3n) is 3.99. The predicted octanol–water partition coefficient (Wildman–Crippen LogP) is 1.57. The first-order valence-electron chi connectivity index (χ1n) is 6.93. The Morgan fingerprint density at radius 3 is 3.21 bits per heavy atom. The van der Waals surface area contributed by atoms with Crippen LogP contribution in [-0.2, 0) is 16.0 Å². The maximum Gasteiger partial charge on any atom is 0.245 e. The van der Waals surface area contributed by atoms with Gasteiger partial charge in [-0.05, 0) is 43.3 Å². The Kier molecular flexibility index (Phi) is 3.86. The van der Waals surface area contributed by atoms with E-state index in [4.69, 9.17) is 4.74 Å². The summed E-state index contributed by atoms with van der Waals surface area (Å²) in [5, 5.41) is 5.25. The minimum absolute atomic E-state index is 0.182. The molecule has 0 saturated carbocycles. The van der Waals surface area contributed by atoms with Crippen molar-refractivity contribution < 1.29 is 9.53 Å². The Morgan fingerprint density at radius 2 is 2.47 bits per heavy atom. The average Bonchev–Trinajstić information content (AvgIpc) is 3.04. The first kappa shape index (κ1) is 13.1. The molecular weight excluding hydrogens is 260 g/mol. The smallest absolute Gasteiger partial charge is 0.245 e. The van der Waals surface area contributed by atoms with Gasteiger partial charge in [-0.25, -0.2) is 0 Å². The summed E-state index contributed by atoms with van der Waals surface area (Å²) in [5.74, 6) is 0.194. The number of hydrogen-bond donors (Lipinski definition) is 1. The summed E-state index contributed by atoms with van der Waals surface area (Å²) >= 11 is 1.68. The van der Waals surface area contributed by atoms with Crippen LogP contribution in [0.5, 0.6) is 0 Å². The lowest BCUT2D eigenvalue weighted by molar-refractivity contribution is -0.134. The van der Waals surface area contributed by atoms with Crippen molar-refractivity contribution in [3.8, 4) is 0 Å². The van der Waals surface area contributed by atoms with Gasteiger partial charge in [0.15, 0.2) is 0 Å². The summed E-state index contributed by atoms with van der Waals surface area (Å²) in [6.45, 7) is 2.39. The predicted molar refractivity (Wildman–Crippen MR) is 75.4 cm³/mol. The zero-order chi connectivity index (χ0) is 13.2. The van der Waals surface area contributed by atoms with Gasteiger partial charge in [0.25, 0.3) is 0 Å². The molecule has 0 bridgehead atoms. The Morgan fingerprint density at radius 1 is 1.58 bits per heavy atom. The van der Waals surface area contributed by atoms with E-state index in [2.05, 4.69) is 16.8 Å². The lowest BCUT2D eigenvalue weighted by atomic mass is 10.1. The number of nitrogens with zero attached hydrogens (tertiary/aromatic N) is 1. The van der Waals surface area contributed by atoms with Gasteiger partial charge in [-0.2, -0.15) is 0 Å². The molecule has 3 rings (SSSR count). The van der Waals surface area contributed by atoms with Crippen LogP contribution < -0.4 is 5.32 Å². The number of hydrogen-bond acceptors (Lipinski definition) is 4. The number of likely N-dealkylation sites (N-methyl/N-ethyl adjacent to an activating group) is 1. The monoisotopic (exact) mass is 280 g/mol. The number of ether oxygens (including phenoxy) is 1. The van der Waals surface area contributed by atoms with E-state index in [9.17, 15) is 4.79 Å². The van der Waals surface area contributed by atoms with Crippen LogP contribution in [0.4, 0.5) is 0 Å². The van der Waals surface area contributed by atoms with Crippen molar-refractivity contribution in [3.05, 3.63) is 21.9 Å². The fourth-order valence-electron chi connectivity index (χ4n) is 2.94. The molecule has 4 nitrogen and oxygen atoms in total. The molecule has 0 aromatic carbocycles. The molecule has 2 atom stereocenters. The van der Waals surface area contributed by atoms with Gasteiger partial charge >= 0.3 is 0 Å². The molecule has 1 fully saturated rings. The highest BCUT2D eigenvalue weighted by Crippen LogP contribution is 2.30. The molecule has 1 N–H and O–H groups in total. The van der Waals surface area contributed by atoms with E-state index in [0.717, 1.165) is 39.0 Å². The van der Waals surface area contributed by atoms with E-state index < -0.39 is 0 Å². The molecule has 1 aromatic rings. The van der Waals surface area contributed by atoms with Crippen molar-refractivity contribution in [3.63, 3.8) is 0 Å². The van der Waals surface area contributed by atoms with Gasteiger partial charge in [-0.15, -0.1) is 11.3 Å². The Balaban J connectivity index is 1.77. The van der Waals surface area contributed by atoms with Crippen LogP contribution in [0.15, 0.2) is 11.4 Å². The van der Waals surface area contributed by atoms with Gasteiger partial charge in [-0.3, -0.25) is 4.79 Å². The van der Waals surface area contributed by atoms with Gasteiger partial charge in [0.05, 0.1) is 6.10 Å². The molecule has 19 heavy (non-hydrogen) atoms. The molecule has 5 heteroatoms. The second kappa shape index (κ2) is 5.61. The number of nitrogens with one attached hydrogen (secondary N) is 1. The summed E-state index contributed by atoms with van der Waals surface area (Å²) < 4.78 is 5.66. The van der Waals surface area contributed by atoms with Gasteiger partial charge in [0.2, 0.25) is 5.91 Å². The highest BCUT2D eigenvalue weighted by molar-refractivity contribution is 7.10. The molecule has 0 radical (unpaired) electrons. The van der Waals surface area contributed by atoms with Crippen LogP contribution in [0.3, 0.4) is 0 Å². The Labute approximate surface area is 117 Å². The molecule has 2 aliphatic heterocycles. The van der Waals surface area contributed by atoms with E-state index in [1.807, 2.05) is 11.9 Å². The standard InChI is InChI=1S/C14H20N2O2S/c1-15-12-13-10(5-8-19-13)4-6-16(14(12)17)9-11-3-2-7-18-11/h5,8,11-12,15H,2-4,6-7,9H2,1H3. The van der Waals surface area contributed by atoms with Crippen molar-refractivity contribution in [1.29, 1.82) is 0 Å². The largest absolute Gasteiger partial charge is 0.376 e. The lowest BCUT2D eigenvalue weighted by Crippen LogP contribution is -2.42. The van der Waals surface area contributed by atoms with Crippen molar-refractivity contribution in [2.45, 2.75) is 31.4 Å². The van der Waals surface area contributed by atoms with Crippen LogP contribution in [0.1, 0.15) is 29.3 Å². The molecule has 2 unspecified atom stereocenters. The van der Waals surface area contributed by atoms with Crippen LogP contribution in [0.2, 0.25) is 0 Å². The van der Waals surface area contributed by atoms with E-state index >= 15 is 0 Å². The van der Waals surface area contributed by atoms with Gasteiger partial charge in [0.1, 0.15) is 6.04 Å². The number of fused-ring (bicyclic) bond motifs is 1. The summed E-state index contributed by atoms with van der Waals surface area (Å²) in [6.07, 6.45) is 3.39. The first-order valence-corrected chi connectivity index (χ1v) is 7.81. The van der Waals surface area contributed by atoms with Crippen molar-refractivity contribution in [1.82, 2.24) is 10.2 Å². The summed E-state index contributed by atoms with van der Waals surface area (Å²) in [4.78, 5) is 15.8. The van der Waals surface area contributed by atoms with Crippen molar-refractivity contribution >= 4 is 17.2 Å². The molecule has 0 aliphatic carbocycles. The third kappa shape index (κ3) is 2.55. The van der Waals surface area contributed by atoms with Gasteiger partial charge < -0.3 is 15.0 Å². The zero-order valence-corrected chi connectivity index (χ0v) is 12.0. The molecule has 1 aromatic heterocycles. The normalized spacial score (nSPS) is 27.4. The lowest BCUT2D eigenvalue weighted by Gasteiger charge is -2.26. The molecule has 104 valence electrons. The van der Waals surface area contributed by atoms with E-state index in [1.165, 1.54) is 10.4 Å². The van der Waals surface area contributed by atoms with E-state index in [-0.39, 0.29) is 18.1 Å². The maximum atomic E-state index is 12.6. The minimum Gasteiger partial charge on any atom is -0.376 e. The van der Waals surface area contributed by atoms with Crippen molar-refractivity contribution in [2.24, 2.45) is 0 Å². The number of rotatable bonds is 3. The minimum atomic E-state index is -0.182. The highest BCUT2D eigenvalue weighted by Gasteiger charge is 2.32. The van der Waals surface area contributed by atoms with E-state index in [1.54, 1.807) is 11.3 Å². The summed E-state index contributed by atoms with van der Waals surface area (Å²) in [5.41, 5.74) is 1.31. The highest BCUT2D eigenvalue weighted by atomic mass is 32.1. The Bertz CT molecular complexity index is 454. The molecule has 3 heterocycles. The molecular formula is C14H20N2O2S. The van der Waals surface area contributed by atoms with Crippen molar-refractivity contribution in [2.75, 3.05) is 26.7 Å². The van der Waals surface area contributed by atoms with Crippen LogP contribution in [0.25, 0.3) is 0 Å². The fraction of sp³-hybridized carbons (Fsp3) is 0.643. The number of thiophene rings is 1. The summed E-state index contributed by atoms with van der Waals surface area (Å²) in [6, 6.07) is 1.96. The quantitative estimate of drug-likeness (QED) is 0.914. The second-order valence-electron chi connectivity index (χ2n) is 5.20. The zero-order valence-electron chi connectivity index (χ0n) is 11.2. The van der Waals surface area contributed by atoms with Crippen LogP contribution in [-0.4, -0.2) is 43.7 Å². The molecule has 0 spiro atoms.